The number of nitrogens with zero attached hydrogens (tertiary/aromatic N) is 3. The average Bonchev–Trinajstić information content (AvgIpc) is 3.65. The lowest BCUT2D eigenvalue weighted by Gasteiger charge is -2.51. The first kappa shape index (κ1) is 48.6. The summed E-state index contributed by atoms with van der Waals surface area (Å²) in [6, 6.07) is 50.1. The molecule has 0 saturated heterocycles. The molecule has 0 aromatic heterocycles. The van der Waals surface area contributed by atoms with E-state index in [-0.39, 0.29) is 44.7 Å². The summed E-state index contributed by atoms with van der Waals surface area (Å²) in [6.45, 7) is 38.8. The van der Waals surface area contributed by atoms with Crippen LogP contribution in [0.2, 0.25) is 0 Å². The molecule has 3 unspecified atom stereocenters. The van der Waals surface area contributed by atoms with Crippen molar-refractivity contribution in [2.45, 2.75) is 187 Å². The van der Waals surface area contributed by atoms with Crippen LogP contribution in [0.1, 0.15) is 186 Å². The molecule has 0 N–H and O–H groups in total. The zero-order valence-corrected chi connectivity index (χ0v) is 48.2. The highest BCUT2D eigenvalue weighted by molar-refractivity contribution is 7.00. The Morgan fingerprint density at radius 3 is 1.80 bits per heavy atom. The van der Waals surface area contributed by atoms with Crippen molar-refractivity contribution in [1.82, 2.24) is 0 Å². The van der Waals surface area contributed by atoms with Gasteiger partial charge in [-0.1, -0.05) is 181 Å². The number of hydrogen-bond acceptors (Lipinski definition) is 3. The Labute approximate surface area is 450 Å². The summed E-state index contributed by atoms with van der Waals surface area (Å²) in [5.74, 6) is 0. The molecule has 1 fully saturated rings. The molecule has 4 aliphatic heterocycles. The lowest BCUT2D eigenvalue weighted by Crippen LogP contribution is -2.62. The largest absolute Gasteiger partial charge is 0.334 e. The van der Waals surface area contributed by atoms with Crippen molar-refractivity contribution in [1.29, 1.82) is 0 Å². The van der Waals surface area contributed by atoms with Crippen LogP contribution in [-0.2, 0) is 32.5 Å². The van der Waals surface area contributed by atoms with E-state index in [1.54, 1.807) is 0 Å². The minimum atomic E-state index is -0.164. The van der Waals surface area contributed by atoms with E-state index in [0.29, 0.717) is 0 Å². The smallest absolute Gasteiger partial charge is 0.252 e. The predicted molar refractivity (Wildman–Crippen MR) is 323 cm³/mol. The fourth-order valence-corrected chi connectivity index (χ4v) is 15.5. The molecule has 7 aromatic rings. The Morgan fingerprint density at radius 1 is 0.480 bits per heavy atom. The molecule has 3 nitrogen and oxygen atoms in total. The number of anilines is 8. The second-order valence-electron chi connectivity index (χ2n) is 28.7. The molecule has 75 heavy (non-hydrogen) atoms. The van der Waals surface area contributed by atoms with Crippen LogP contribution < -0.4 is 31.1 Å². The number of benzene rings is 7. The van der Waals surface area contributed by atoms with Crippen LogP contribution in [-0.4, -0.2) is 12.3 Å². The van der Waals surface area contributed by atoms with Gasteiger partial charge in [-0.05, 0) is 183 Å². The number of rotatable bonds is 2. The third-order valence-corrected chi connectivity index (χ3v) is 20.3. The third kappa shape index (κ3) is 6.78. The molecule has 1 saturated carbocycles. The van der Waals surface area contributed by atoms with Gasteiger partial charge in [0.1, 0.15) is 0 Å². The lowest BCUT2D eigenvalue weighted by molar-refractivity contribution is 0.195. The zero-order chi connectivity index (χ0) is 52.9. The van der Waals surface area contributed by atoms with Crippen LogP contribution in [0.4, 0.5) is 45.5 Å². The Morgan fingerprint density at radius 2 is 1.11 bits per heavy atom. The molecule has 4 bridgehead atoms. The Balaban J connectivity index is 1.22. The van der Waals surface area contributed by atoms with Gasteiger partial charge in [0.25, 0.3) is 6.71 Å². The number of fused-ring (bicyclic) bond motifs is 13. The molecule has 13 rings (SSSR count). The topological polar surface area (TPSA) is 9.72 Å². The van der Waals surface area contributed by atoms with E-state index < -0.39 is 0 Å². The van der Waals surface area contributed by atoms with Gasteiger partial charge in [0.2, 0.25) is 0 Å². The molecular formula is C71H80BN3. The standard InChI is InChI=1S/C71H80BN3/c1-43-34-44(2)64-55(35-43)70(15)30-17-18-31-71(70,16)75(64)51-39-61-63-62(40-51)74-58-28-24-47(66(6,7)8)37-52(58)45-20-19-21-49(36-45)69(14)33-32-68(12,13)53-41-57(60(74)42-54(53)69)72(63)56-38-48(67(9,10)11)25-29-59(56)73(61)50-26-22-46(23-27-50)65(3,4)5/h19-29,34-42H,17-18,30-33H2,1-16H3. The molecular weight excluding hydrogens is 906 g/mol. The molecule has 2 aliphatic carbocycles. The Kier molecular flexibility index (Phi) is 10.1. The summed E-state index contributed by atoms with van der Waals surface area (Å²) in [6.07, 6.45) is 7.04. The molecule has 0 amide bonds. The summed E-state index contributed by atoms with van der Waals surface area (Å²) in [5.41, 5.74) is 29.5. The lowest BCUT2D eigenvalue weighted by atomic mass is 9.33. The Hall–Kier alpha value is -6.00. The van der Waals surface area contributed by atoms with Crippen LogP contribution in [0.25, 0.3) is 11.1 Å². The molecule has 4 heteroatoms. The SMILES string of the molecule is Cc1cc(C)c2c(c1)C1(C)CCCCC1(C)N2c1cc2c3c(c1)N1c4cc5c(cc4B3c3cc(C(C)(C)C)ccc3N2c2ccc(C(C)(C)C)cc2)C(C)(C)CCC5(C)c2cccc(c2)-c2cc(C(C)(C)C)ccc21. The van der Waals surface area contributed by atoms with Gasteiger partial charge in [0.15, 0.2) is 0 Å². The van der Waals surface area contributed by atoms with Crippen molar-refractivity contribution < 1.29 is 0 Å². The van der Waals surface area contributed by atoms with E-state index in [1.807, 2.05) is 0 Å². The van der Waals surface area contributed by atoms with Gasteiger partial charge in [-0.25, -0.2) is 0 Å². The molecule has 7 aromatic carbocycles. The highest BCUT2D eigenvalue weighted by atomic mass is 15.3. The van der Waals surface area contributed by atoms with Gasteiger partial charge in [0, 0.05) is 56.2 Å². The summed E-state index contributed by atoms with van der Waals surface area (Å²) in [5, 5.41) is 0. The highest BCUT2D eigenvalue weighted by Crippen LogP contribution is 2.63. The molecule has 0 radical (unpaired) electrons. The van der Waals surface area contributed by atoms with E-state index in [1.165, 1.54) is 142 Å². The van der Waals surface area contributed by atoms with E-state index in [2.05, 4.69) is 247 Å². The summed E-state index contributed by atoms with van der Waals surface area (Å²) < 4.78 is 0. The fourth-order valence-electron chi connectivity index (χ4n) is 15.5. The second kappa shape index (κ2) is 15.6. The van der Waals surface area contributed by atoms with Crippen molar-refractivity contribution in [3.05, 3.63) is 171 Å². The van der Waals surface area contributed by atoms with Gasteiger partial charge in [-0.3, -0.25) is 0 Å². The van der Waals surface area contributed by atoms with Gasteiger partial charge in [0.05, 0.1) is 11.2 Å². The fraction of sp³-hybridized carbons (Fsp3) is 0.408. The van der Waals surface area contributed by atoms with Gasteiger partial charge in [-0.15, -0.1) is 0 Å². The number of aryl methyl sites for hydroxylation is 2. The van der Waals surface area contributed by atoms with E-state index in [9.17, 15) is 0 Å². The van der Waals surface area contributed by atoms with Crippen LogP contribution in [0.15, 0.2) is 121 Å². The Bertz CT molecular complexity index is 3570. The van der Waals surface area contributed by atoms with Gasteiger partial charge < -0.3 is 14.7 Å². The van der Waals surface area contributed by atoms with Crippen LogP contribution in [0, 0.1) is 13.8 Å². The minimum Gasteiger partial charge on any atom is -0.334 e. The van der Waals surface area contributed by atoms with Crippen molar-refractivity contribution in [2.24, 2.45) is 0 Å². The summed E-state index contributed by atoms with van der Waals surface area (Å²) in [7, 11) is 0. The van der Waals surface area contributed by atoms with Crippen molar-refractivity contribution >= 4 is 68.6 Å². The predicted octanol–water partition coefficient (Wildman–Crippen LogP) is 17.4. The maximum absolute atomic E-state index is 2.87. The molecule has 4 heterocycles. The average molecular weight is 986 g/mol. The quantitative estimate of drug-likeness (QED) is 0.160. The molecule has 3 atom stereocenters. The molecule has 6 aliphatic rings. The van der Waals surface area contributed by atoms with Crippen LogP contribution in [0.5, 0.6) is 0 Å². The first-order chi connectivity index (χ1) is 35.2. The first-order valence-electron chi connectivity index (χ1n) is 28.6. The van der Waals surface area contributed by atoms with Gasteiger partial charge >= 0.3 is 0 Å². The van der Waals surface area contributed by atoms with Crippen molar-refractivity contribution in [3.8, 4) is 11.1 Å². The van der Waals surface area contributed by atoms with Gasteiger partial charge in [-0.2, -0.15) is 0 Å². The van der Waals surface area contributed by atoms with E-state index in [0.717, 1.165) is 19.3 Å². The van der Waals surface area contributed by atoms with Crippen molar-refractivity contribution in [3.63, 3.8) is 0 Å². The third-order valence-electron chi connectivity index (χ3n) is 20.3. The normalized spacial score (nSPS) is 22.8. The van der Waals surface area contributed by atoms with Crippen LogP contribution >= 0.6 is 0 Å². The monoisotopic (exact) mass is 986 g/mol. The van der Waals surface area contributed by atoms with Crippen LogP contribution in [0.3, 0.4) is 0 Å². The summed E-state index contributed by atoms with van der Waals surface area (Å²) >= 11 is 0. The maximum atomic E-state index is 2.87. The van der Waals surface area contributed by atoms with E-state index in [4.69, 9.17) is 0 Å². The van der Waals surface area contributed by atoms with Crippen molar-refractivity contribution in [2.75, 3.05) is 14.7 Å². The number of hydrogen-bond donors (Lipinski definition) is 0. The zero-order valence-electron chi connectivity index (χ0n) is 48.2. The minimum absolute atomic E-state index is 0.00386. The second-order valence-corrected chi connectivity index (χ2v) is 28.7. The first-order valence-corrected chi connectivity index (χ1v) is 28.6. The maximum Gasteiger partial charge on any atom is 0.252 e. The molecule has 0 spiro atoms. The highest BCUT2D eigenvalue weighted by Gasteiger charge is 2.59. The molecule has 382 valence electrons. The van der Waals surface area contributed by atoms with E-state index >= 15 is 0 Å². The summed E-state index contributed by atoms with van der Waals surface area (Å²) in [4.78, 5) is 8.32.